The number of aliphatic hydroxyl groups excluding tert-OH is 2. The van der Waals surface area contributed by atoms with Crippen molar-refractivity contribution in [3.8, 4) is 0 Å². The Morgan fingerprint density at radius 1 is 1.61 bits per heavy atom. The molecule has 0 saturated carbocycles. The van der Waals surface area contributed by atoms with Gasteiger partial charge in [-0.3, -0.25) is 0 Å². The molecule has 0 amide bonds. The van der Waals surface area contributed by atoms with Crippen LogP contribution in [0, 0.1) is 0 Å². The predicted molar refractivity (Wildman–Crippen MR) is 63.2 cm³/mol. The molecule has 0 aromatic carbocycles. The fourth-order valence-corrected chi connectivity index (χ4v) is 1.62. The summed E-state index contributed by atoms with van der Waals surface area (Å²) in [6.07, 6.45) is -2.56. The number of halogens is 1. The molecule has 18 heavy (non-hydrogen) atoms. The molecule has 1 heterocycles. The Morgan fingerprint density at radius 2 is 2.28 bits per heavy atom. The van der Waals surface area contributed by atoms with Crippen LogP contribution in [-0.2, 0) is 26.9 Å². The zero-order valence-corrected chi connectivity index (χ0v) is 11.4. The lowest BCUT2D eigenvalue weighted by Crippen LogP contribution is -2.26. The molecule has 0 bridgehead atoms. The van der Waals surface area contributed by atoms with Gasteiger partial charge in [-0.25, -0.2) is 9.59 Å². The average Bonchev–Trinajstić information content (AvgIpc) is 2.63. The Hall–Kier alpha value is -1.07. The van der Waals surface area contributed by atoms with Crippen molar-refractivity contribution in [1.29, 1.82) is 0 Å². The molecule has 1 aliphatic rings. The fourth-order valence-electron chi connectivity index (χ4n) is 1.21. The first-order valence-electron chi connectivity index (χ1n) is 4.81. The van der Waals surface area contributed by atoms with Crippen LogP contribution in [0.4, 0.5) is 0 Å². The van der Waals surface area contributed by atoms with Gasteiger partial charge < -0.3 is 27.5 Å². The summed E-state index contributed by atoms with van der Waals surface area (Å²) in [6.45, 7) is -0.118. The number of hydrogen-bond acceptors (Lipinski definition) is 8. The largest absolute Gasteiger partial charge is 0.505 e. The van der Waals surface area contributed by atoms with Gasteiger partial charge in [0.2, 0.25) is 0 Å². The monoisotopic (exact) mass is 374 g/mol. The summed E-state index contributed by atoms with van der Waals surface area (Å²) in [6, 6.07) is 0. The number of esters is 2. The van der Waals surface area contributed by atoms with Gasteiger partial charge in [0.25, 0.3) is 12.0 Å². The van der Waals surface area contributed by atoms with Gasteiger partial charge in [0.05, 0.1) is 13.7 Å². The van der Waals surface area contributed by atoms with Crippen LogP contribution in [-0.4, -0.2) is 48.3 Å². The first-order valence-corrected chi connectivity index (χ1v) is 5.69. The van der Waals surface area contributed by atoms with Gasteiger partial charge in [-0.15, -0.1) is 0 Å². The van der Waals surface area contributed by atoms with Crippen LogP contribution < -0.4 is 0 Å². The molecule has 0 aromatic rings. The van der Waals surface area contributed by atoms with Crippen molar-refractivity contribution in [2.75, 3.05) is 13.7 Å². The molecule has 9 heteroatoms. The first-order chi connectivity index (χ1) is 8.51. The molecular weight excluding hydrogens is 363 g/mol. The highest BCUT2D eigenvalue weighted by atomic mass is 127. The maximum Gasteiger partial charge on any atom is 0.379 e. The van der Waals surface area contributed by atoms with E-state index in [-0.39, 0.29) is 24.5 Å². The first kappa shape index (κ1) is 15.0. The van der Waals surface area contributed by atoms with E-state index < -0.39 is 24.3 Å². The fraction of sp³-hybridized carbons (Fsp3) is 0.556. The van der Waals surface area contributed by atoms with Crippen LogP contribution in [0.25, 0.3) is 0 Å². The number of cyclic esters (lactones) is 1. The van der Waals surface area contributed by atoms with Crippen molar-refractivity contribution in [2.45, 2.75) is 18.8 Å². The lowest BCUT2D eigenvalue weighted by molar-refractivity contribution is -0.181. The molecular formula is C9H11IO8. The quantitative estimate of drug-likeness (QED) is 0.378. The molecule has 102 valence electrons. The zero-order valence-electron chi connectivity index (χ0n) is 9.29. The summed E-state index contributed by atoms with van der Waals surface area (Å²) < 4.78 is 18.3. The normalized spacial score (nSPS) is 20.6. The van der Waals surface area contributed by atoms with E-state index in [2.05, 4.69) is 7.80 Å². The number of aliphatic hydroxyl groups is 2. The third kappa shape index (κ3) is 3.46. The van der Waals surface area contributed by atoms with E-state index in [4.69, 9.17) is 14.6 Å². The molecule has 1 rings (SSSR count). The maximum atomic E-state index is 11.1. The summed E-state index contributed by atoms with van der Waals surface area (Å²) >= 11 is 1.44. The standard InChI is InChI=1S/C9H11IO8/c1-15-8(13)9(14)16-3-2-4-5(11)6(18-10)7(12)17-4/h4,9,11,14H,2-3H2,1H3/t4-,9?/m1/s1. The summed E-state index contributed by atoms with van der Waals surface area (Å²) in [5, 5.41) is 18.6. The van der Waals surface area contributed by atoms with Crippen molar-refractivity contribution < 1.29 is 37.1 Å². The van der Waals surface area contributed by atoms with E-state index in [1.165, 1.54) is 23.0 Å². The molecule has 2 atom stereocenters. The lowest BCUT2D eigenvalue weighted by Gasteiger charge is -2.12. The molecule has 8 nitrogen and oxygen atoms in total. The van der Waals surface area contributed by atoms with Crippen molar-refractivity contribution in [3.63, 3.8) is 0 Å². The van der Waals surface area contributed by atoms with E-state index in [0.29, 0.717) is 0 Å². The number of methoxy groups -OCH3 is 1. The van der Waals surface area contributed by atoms with E-state index in [1.54, 1.807) is 0 Å². The Bertz CT molecular complexity index is 366. The van der Waals surface area contributed by atoms with Crippen LogP contribution in [0.15, 0.2) is 11.5 Å². The molecule has 0 spiro atoms. The van der Waals surface area contributed by atoms with Gasteiger partial charge in [0, 0.05) is 6.42 Å². The molecule has 0 aliphatic carbocycles. The Labute approximate surface area is 116 Å². The van der Waals surface area contributed by atoms with Gasteiger partial charge in [-0.1, -0.05) is 0 Å². The molecule has 0 saturated heterocycles. The summed E-state index contributed by atoms with van der Waals surface area (Å²) in [7, 11) is 1.10. The second-order valence-electron chi connectivity index (χ2n) is 3.22. The molecule has 0 fully saturated rings. The molecule has 1 unspecified atom stereocenters. The van der Waals surface area contributed by atoms with Crippen molar-refractivity contribution in [2.24, 2.45) is 0 Å². The highest BCUT2D eigenvalue weighted by Crippen LogP contribution is 2.25. The Morgan fingerprint density at radius 3 is 2.78 bits per heavy atom. The number of ether oxygens (including phenoxy) is 3. The summed E-state index contributed by atoms with van der Waals surface area (Å²) in [5.41, 5.74) is 0. The van der Waals surface area contributed by atoms with Gasteiger partial charge in [0.1, 0.15) is 0 Å². The average molecular weight is 374 g/mol. The minimum atomic E-state index is -1.71. The van der Waals surface area contributed by atoms with Crippen LogP contribution >= 0.6 is 23.0 Å². The van der Waals surface area contributed by atoms with E-state index in [9.17, 15) is 14.7 Å². The smallest absolute Gasteiger partial charge is 0.379 e. The zero-order chi connectivity index (χ0) is 13.7. The van der Waals surface area contributed by atoms with Crippen LogP contribution in [0.3, 0.4) is 0 Å². The minimum absolute atomic E-state index is 0.0646. The third-order valence-corrected chi connectivity index (χ3v) is 2.55. The number of carbonyl (C=O) groups excluding carboxylic acids is 2. The maximum absolute atomic E-state index is 11.1. The number of hydrogen-bond donors (Lipinski definition) is 2. The SMILES string of the molecule is COC(=O)C(O)OCC[C@H]1OC(=O)C(OI)=C1O. The van der Waals surface area contributed by atoms with E-state index >= 15 is 0 Å². The van der Waals surface area contributed by atoms with Gasteiger partial charge in [-0.05, 0) is 0 Å². The predicted octanol–water partition coefficient (Wildman–Crippen LogP) is -0.0539. The lowest BCUT2D eigenvalue weighted by atomic mass is 10.2. The molecule has 0 radical (unpaired) electrons. The highest BCUT2D eigenvalue weighted by Gasteiger charge is 2.36. The Balaban J connectivity index is 2.40. The van der Waals surface area contributed by atoms with E-state index in [1.807, 2.05) is 0 Å². The number of rotatable bonds is 6. The Kier molecular flexibility index (Phi) is 5.62. The van der Waals surface area contributed by atoms with Crippen LogP contribution in [0.5, 0.6) is 0 Å². The second-order valence-corrected chi connectivity index (χ2v) is 3.66. The van der Waals surface area contributed by atoms with E-state index in [0.717, 1.165) is 7.11 Å². The minimum Gasteiger partial charge on any atom is -0.505 e. The van der Waals surface area contributed by atoms with Crippen LogP contribution in [0.2, 0.25) is 0 Å². The second kappa shape index (κ2) is 6.75. The molecule has 0 aromatic heterocycles. The summed E-state index contributed by atoms with van der Waals surface area (Å²) in [4.78, 5) is 21.9. The van der Waals surface area contributed by atoms with Gasteiger partial charge in [-0.2, -0.15) is 0 Å². The van der Waals surface area contributed by atoms with Crippen LogP contribution in [0.1, 0.15) is 6.42 Å². The number of carbonyl (C=O) groups is 2. The topological polar surface area (TPSA) is 112 Å². The summed E-state index contributed by atoms with van der Waals surface area (Å²) in [5.74, 6) is -2.32. The van der Waals surface area contributed by atoms with Gasteiger partial charge >= 0.3 is 11.9 Å². The molecule has 1 aliphatic heterocycles. The van der Waals surface area contributed by atoms with Gasteiger partial charge in [0.15, 0.2) is 34.9 Å². The highest BCUT2D eigenvalue weighted by molar-refractivity contribution is 14.1. The molecule has 2 N–H and O–H groups in total. The third-order valence-electron chi connectivity index (χ3n) is 2.11. The van der Waals surface area contributed by atoms with Crippen molar-refractivity contribution in [1.82, 2.24) is 0 Å². The van der Waals surface area contributed by atoms with Crippen molar-refractivity contribution in [3.05, 3.63) is 11.5 Å². The van der Waals surface area contributed by atoms with Crippen molar-refractivity contribution >= 4 is 34.9 Å².